The predicted molar refractivity (Wildman–Crippen MR) is 92.4 cm³/mol. The Kier molecular flexibility index (Phi) is 6.69. The third kappa shape index (κ3) is 5.07. The van der Waals surface area contributed by atoms with Crippen LogP contribution < -0.4 is 10.6 Å². The number of rotatable bonds is 5. The third-order valence-electron chi connectivity index (χ3n) is 4.53. The first-order valence-electron chi connectivity index (χ1n) is 8.03. The highest BCUT2D eigenvalue weighted by Gasteiger charge is 2.23. The Balaban J connectivity index is 1.93. The van der Waals surface area contributed by atoms with Crippen molar-refractivity contribution in [1.82, 2.24) is 10.6 Å². The van der Waals surface area contributed by atoms with E-state index in [9.17, 15) is 9.18 Å². The van der Waals surface area contributed by atoms with Crippen LogP contribution in [0.1, 0.15) is 44.7 Å². The number of amides is 1. The molecule has 0 radical (unpaired) electrons. The number of carbonyl (C=O) groups excluding carboxylic acids is 1. The summed E-state index contributed by atoms with van der Waals surface area (Å²) in [6.07, 6.45) is 2.78. The molecular weight excluding hydrogens is 338 g/mol. The van der Waals surface area contributed by atoms with Crippen LogP contribution in [-0.4, -0.2) is 19.0 Å². The van der Waals surface area contributed by atoms with Gasteiger partial charge in [-0.2, -0.15) is 0 Å². The molecule has 1 heterocycles. The van der Waals surface area contributed by atoms with Crippen molar-refractivity contribution in [3.05, 3.63) is 33.6 Å². The second-order valence-corrected chi connectivity index (χ2v) is 7.18. The summed E-state index contributed by atoms with van der Waals surface area (Å²) in [4.78, 5) is 12.2. The normalized spacial score (nSPS) is 20.8. The maximum atomic E-state index is 13.6. The van der Waals surface area contributed by atoms with Crippen LogP contribution in [0.15, 0.2) is 12.1 Å². The van der Waals surface area contributed by atoms with Crippen molar-refractivity contribution in [2.75, 3.05) is 13.1 Å². The number of nitrogens with one attached hydrogen (secondary N) is 2. The fraction of sp³-hybridized carbons (Fsp3) is 0.588. The van der Waals surface area contributed by atoms with Crippen LogP contribution in [0, 0.1) is 17.7 Å². The van der Waals surface area contributed by atoms with E-state index in [-0.39, 0.29) is 17.0 Å². The Bertz CT molecular complexity index is 562. The summed E-state index contributed by atoms with van der Waals surface area (Å²) in [5.74, 6) is 0.268. The largest absolute Gasteiger partial charge is 0.350 e. The molecule has 1 aliphatic rings. The molecule has 1 aliphatic heterocycles. The van der Waals surface area contributed by atoms with E-state index in [1.54, 1.807) is 6.92 Å². The second kappa shape index (κ2) is 8.32. The van der Waals surface area contributed by atoms with Crippen molar-refractivity contribution >= 4 is 29.1 Å². The van der Waals surface area contributed by atoms with E-state index in [1.807, 2.05) is 0 Å². The summed E-state index contributed by atoms with van der Waals surface area (Å²) in [6.45, 7) is 5.93. The minimum absolute atomic E-state index is 0.0179. The van der Waals surface area contributed by atoms with Gasteiger partial charge in [0, 0.05) is 11.4 Å². The van der Waals surface area contributed by atoms with E-state index in [4.69, 9.17) is 23.2 Å². The molecule has 0 spiro atoms. The Morgan fingerprint density at radius 2 is 2.13 bits per heavy atom. The van der Waals surface area contributed by atoms with Crippen LogP contribution >= 0.6 is 23.2 Å². The summed E-state index contributed by atoms with van der Waals surface area (Å²) in [7, 11) is 0. The van der Waals surface area contributed by atoms with Crippen molar-refractivity contribution in [3.8, 4) is 0 Å². The van der Waals surface area contributed by atoms with Crippen molar-refractivity contribution in [2.45, 2.75) is 39.2 Å². The number of piperidine rings is 1. The molecule has 1 fully saturated rings. The highest BCUT2D eigenvalue weighted by molar-refractivity contribution is 6.35. The van der Waals surface area contributed by atoms with Crippen LogP contribution in [0.3, 0.4) is 0 Å². The van der Waals surface area contributed by atoms with Gasteiger partial charge in [-0.05, 0) is 62.4 Å². The predicted octanol–water partition coefficient (Wildman–Crippen LogP) is 4.34. The fourth-order valence-corrected chi connectivity index (χ4v) is 3.62. The van der Waals surface area contributed by atoms with Gasteiger partial charge >= 0.3 is 0 Å². The first-order valence-corrected chi connectivity index (χ1v) is 8.78. The molecule has 128 valence electrons. The summed E-state index contributed by atoms with van der Waals surface area (Å²) < 4.78 is 13.6. The number of carbonyl (C=O) groups is 1. The fourth-order valence-electron chi connectivity index (χ4n) is 3.07. The van der Waals surface area contributed by atoms with Gasteiger partial charge in [-0.25, -0.2) is 4.39 Å². The van der Waals surface area contributed by atoms with Crippen LogP contribution in [0.4, 0.5) is 4.39 Å². The zero-order valence-electron chi connectivity index (χ0n) is 13.5. The Morgan fingerprint density at radius 1 is 1.39 bits per heavy atom. The van der Waals surface area contributed by atoms with E-state index < -0.39 is 5.82 Å². The number of benzene rings is 1. The number of halogens is 3. The molecule has 6 heteroatoms. The minimum atomic E-state index is -0.534. The lowest BCUT2D eigenvalue weighted by Crippen LogP contribution is -2.36. The lowest BCUT2D eigenvalue weighted by atomic mass is 9.85. The summed E-state index contributed by atoms with van der Waals surface area (Å²) in [6, 6.07) is 2.29. The Morgan fingerprint density at radius 3 is 2.78 bits per heavy atom. The van der Waals surface area contributed by atoms with Crippen LogP contribution in [0.2, 0.25) is 10.0 Å². The number of hydrogen-bond acceptors (Lipinski definition) is 2. The van der Waals surface area contributed by atoms with Gasteiger partial charge in [0.05, 0.1) is 11.1 Å². The van der Waals surface area contributed by atoms with Gasteiger partial charge in [0.1, 0.15) is 5.82 Å². The van der Waals surface area contributed by atoms with Crippen molar-refractivity contribution in [3.63, 3.8) is 0 Å². The molecule has 3 atom stereocenters. The quantitative estimate of drug-likeness (QED) is 0.767. The zero-order chi connectivity index (χ0) is 17.0. The van der Waals surface area contributed by atoms with Gasteiger partial charge in [-0.15, -0.1) is 0 Å². The molecule has 23 heavy (non-hydrogen) atoms. The molecule has 3 nitrogen and oxygen atoms in total. The van der Waals surface area contributed by atoms with E-state index >= 15 is 0 Å². The van der Waals surface area contributed by atoms with Crippen molar-refractivity contribution in [2.24, 2.45) is 11.8 Å². The van der Waals surface area contributed by atoms with Crippen molar-refractivity contribution < 1.29 is 9.18 Å². The summed E-state index contributed by atoms with van der Waals surface area (Å²) in [5, 5.41) is 6.61. The standard InChI is InChI=1S/C17H23Cl2FN2O/c1-10(12-4-3-5-21-9-12)6-17(23)22-11(2)13-7-16(20)15(19)8-14(13)18/h7-8,10-12,21H,3-6,9H2,1-2H3,(H,22,23). The maximum Gasteiger partial charge on any atom is 0.220 e. The smallest absolute Gasteiger partial charge is 0.220 e. The molecule has 2 rings (SSSR count). The van der Waals surface area contributed by atoms with Gasteiger partial charge < -0.3 is 10.6 Å². The van der Waals surface area contributed by atoms with Gasteiger partial charge in [0.2, 0.25) is 5.91 Å². The van der Waals surface area contributed by atoms with E-state index in [0.29, 0.717) is 28.8 Å². The first kappa shape index (κ1) is 18.5. The van der Waals surface area contributed by atoms with Crippen LogP contribution in [0.5, 0.6) is 0 Å². The molecule has 3 unspecified atom stereocenters. The van der Waals surface area contributed by atoms with E-state index in [2.05, 4.69) is 17.6 Å². The van der Waals surface area contributed by atoms with Crippen molar-refractivity contribution in [1.29, 1.82) is 0 Å². The maximum absolute atomic E-state index is 13.6. The molecule has 1 aromatic rings. The molecule has 0 bridgehead atoms. The Hall–Kier alpha value is -0.840. The van der Waals surface area contributed by atoms with Crippen LogP contribution in [-0.2, 0) is 4.79 Å². The SMILES string of the molecule is CC(NC(=O)CC(C)C1CCCNC1)c1cc(F)c(Cl)cc1Cl. The second-order valence-electron chi connectivity index (χ2n) is 6.36. The van der Waals surface area contributed by atoms with Gasteiger partial charge in [-0.3, -0.25) is 4.79 Å². The third-order valence-corrected chi connectivity index (χ3v) is 5.15. The minimum Gasteiger partial charge on any atom is -0.350 e. The monoisotopic (exact) mass is 360 g/mol. The highest BCUT2D eigenvalue weighted by atomic mass is 35.5. The van der Waals surface area contributed by atoms with Crippen LogP contribution in [0.25, 0.3) is 0 Å². The summed E-state index contributed by atoms with van der Waals surface area (Å²) >= 11 is 11.8. The molecule has 0 aromatic heterocycles. The van der Waals surface area contributed by atoms with Gasteiger partial charge in [0.25, 0.3) is 0 Å². The van der Waals surface area contributed by atoms with E-state index in [0.717, 1.165) is 25.9 Å². The topological polar surface area (TPSA) is 41.1 Å². The lowest BCUT2D eigenvalue weighted by molar-refractivity contribution is -0.123. The van der Waals surface area contributed by atoms with E-state index in [1.165, 1.54) is 12.1 Å². The average molecular weight is 361 g/mol. The molecule has 0 aliphatic carbocycles. The molecule has 0 saturated carbocycles. The average Bonchev–Trinajstić information content (AvgIpc) is 2.51. The lowest BCUT2D eigenvalue weighted by Gasteiger charge is -2.28. The highest BCUT2D eigenvalue weighted by Crippen LogP contribution is 2.29. The molecule has 2 N–H and O–H groups in total. The number of hydrogen-bond donors (Lipinski definition) is 2. The van der Waals surface area contributed by atoms with Gasteiger partial charge in [-0.1, -0.05) is 30.1 Å². The molecule has 1 saturated heterocycles. The molecular formula is C17H23Cl2FN2O. The molecule has 1 aromatic carbocycles. The zero-order valence-corrected chi connectivity index (χ0v) is 15.0. The van der Waals surface area contributed by atoms with Gasteiger partial charge in [0.15, 0.2) is 0 Å². The molecule has 1 amide bonds. The Labute approximate surface area is 146 Å². The summed E-state index contributed by atoms with van der Waals surface area (Å²) in [5.41, 5.74) is 0.536. The first-order chi connectivity index (χ1) is 10.9.